The first-order valence-corrected chi connectivity index (χ1v) is 15.4. The third-order valence-electron chi connectivity index (χ3n) is 7.51. The Morgan fingerprint density at radius 2 is 0.897 bits per heavy atom. The van der Waals surface area contributed by atoms with E-state index < -0.39 is 0 Å². The second kappa shape index (κ2) is 34.6. The van der Waals surface area contributed by atoms with Crippen molar-refractivity contribution in [2.24, 2.45) is 0 Å². The van der Waals surface area contributed by atoms with Crippen LogP contribution in [0.2, 0.25) is 0 Å². The first kappa shape index (κ1) is 49.1. The zero-order chi connectivity index (χ0) is 26.3. The van der Waals surface area contributed by atoms with Crippen LogP contribution in [0.25, 0.3) is 0 Å². The van der Waals surface area contributed by atoms with E-state index in [1.165, 1.54) is 129 Å². The molecule has 0 aromatic heterocycles. The molecule has 2 radical (unpaired) electrons. The molecule has 0 spiro atoms. The zero-order valence-electron chi connectivity index (χ0n) is 26.2. The van der Waals surface area contributed by atoms with Crippen LogP contribution in [0.15, 0.2) is 30.3 Å². The minimum absolute atomic E-state index is 0. The van der Waals surface area contributed by atoms with Crippen molar-refractivity contribution in [2.75, 3.05) is 0 Å². The van der Waals surface area contributed by atoms with Gasteiger partial charge in [0.25, 0.3) is 0 Å². The van der Waals surface area contributed by atoms with Crippen molar-refractivity contribution < 1.29 is 58.9 Å². The second-order valence-electron chi connectivity index (χ2n) is 10.4. The van der Waals surface area contributed by atoms with Gasteiger partial charge in [-0.2, -0.15) is 34.2 Å². The summed E-state index contributed by atoms with van der Waals surface area (Å²) in [6.07, 6.45) is 22.8. The van der Waals surface area contributed by atoms with Gasteiger partial charge in [0.1, 0.15) is 0 Å². The van der Waals surface area contributed by atoms with E-state index in [4.69, 9.17) is 0 Å². The van der Waals surface area contributed by atoms with Crippen molar-refractivity contribution in [3.05, 3.63) is 65.1 Å². The van der Waals surface area contributed by atoms with Crippen molar-refractivity contribution in [2.45, 2.75) is 144 Å². The third-order valence-corrected chi connectivity index (χ3v) is 7.98. The number of halogens is 3. The molecule has 0 saturated heterocycles. The monoisotopic (exact) mass is 648 g/mol. The molecule has 5 heteroatoms. The average molecular weight is 650 g/mol. The summed E-state index contributed by atoms with van der Waals surface area (Å²) in [6.45, 7) is 17.2. The molecule has 0 unspecified atom stereocenters. The normalized spacial score (nSPS) is 9.33. The number of benzene rings is 1. The maximum absolute atomic E-state index is 3.88. The summed E-state index contributed by atoms with van der Waals surface area (Å²) in [5, 5.41) is 1.35. The van der Waals surface area contributed by atoms with E-state index in [-0.39, 0.29) is 58.9 Å². The van der Waals surface area contributed by atoms with Crippen molar-refractivity contribution in [3.63, 3.8) is 0 Å². The van der Waals surface area contributed by atoms with Gasteiger partial charge in [0.2, 0.25) is 0 Å². The molecule has 0 amide bonds. The predicted molar refractivity (Wildman–Crippen MR) is 165 cm³/mol. The minimum atomic E-state index is 0. The Hall–Kier alpha value is 0.371. The molecule has 226 valence electrons. The van der Waals surface area contributed by atoms with Gasteiger partial charge in [-0.3, -0.25) is 0 Å². The molecule has 2 rings (SSSR count). The van der Waals surface area contributed by atoms with E-state index in [9.17, 15) is 0 Å². The largest absolute Gasteiger partial charge is 3.00 e. The first-order chi connectivity index (χ1) is 16.9. The topological polar surface area (TPSA) is 0 Å². The maximum atomic E-state index is 3.88. The molecule has 2 aromatic carbocycles. The fourth-order valence-corrected chi connectivity index (χ4v) is 4.70. The summed E-state index contributed by atoms with van der Waals surface area (Å²) in [4.78, 5) is 0. The Morgan fingerprint density at radius 1 is 0.590 bits per heavy atom. The Bertz CT molecular complexity index is 635. The molecular weight excluding hydrogens is 591 g/mol. The van der Waals surface area contributed by atoms with Crippen molar-refractivity contribution in [3.8, 4) is 0 Å². The number of hydrogen-bond acceptors (Lipinski definition) is 0. The summed E-state index contributed by atoms with van der Waals surface area (Å²) in [5.41, 5.74) is 7.34. The van der Waals surface area contributed by atoms with Gasteiger partial charge in [0.15, 0.2) is 0 Å². The summed E-state index contributed by atoms with van der Waals surface area (Å²) < 4.78 is 0. The molecule has 0 aliphatic carbocycles. The number of unbranched alkanes of at least 4 members (excludes halogenated alkanes) is 15. The molecular formula is C34H59Cl3SiTi-2. The van der Waals surface area contributed by atoms with Gasteiger partial charge in [-0.25, -0.2) is 0 Å². The predicted octanol–water partition coefficient (Wildman–Crippen LogP) is 0.984. The van der Waals surface area contributed by atoms with E-state index in [0.717, 1.165) is 6.42 Å². The van der Waals surface area contributed by atoms with Crippen LogP contribution < -0.4 is 42.4 Å². The van der Waals surface area contributed by atoms with Crippen molar-refractivity contribution in [1.82, 2.24) is 0 Å². The van der Waals surface area contributed by atoms with Gasteiger partial charge < -0.3 is 44.1 Å². The summed E-state index contributed by atoms with van der Waals surface area (Å²) in [7, 11) is 1.90. The Balaban J connectivity index is -0.000000156. The summed E-state index contributed by atoms with van der Waals surface area (Å²) in [6, 6.07) is 10.3. The molecule has 0 fully saturated rings. The number of hydrogen-bond donors (Lipinski definition) is 0. The average Bonchev–Trinajstić information content (AvgIpc) is 3.03. The molecule has 0 atom stereocenters. The Labute approximate surface area is 282 Å². The molecule has 39 heavy (non-hydrogen) atoms. The Kier molecular flexibility index (Phi) is 43.5. The van der Waals surface area contributed by atoms with Crippen molar-refractivity contribution in [1.29, 1.82) is 0 Å². The Morgan fingerprint density at radius 3 is 1.10 bits per heavy atom. The second-order valence-corrected chi connectivity index (χ2v) is 11.2. The molecule has 0 heterocycles. The van der Waals surface area contributed by atoms with Gasteiger partial charge in [0.05, 0.1) is 0 Å². The van der Waals surface area contributed by atoms with Crippen LogP contribution in [0.4, 0.5) is 0 Å². The fourth-order valence-electron chi connectivity index (χ4n) is 4.43. The van der Waals surface area contributed by atoms with E-state index in [0.29, 0.717) is 0 Å². The molecule has 0 N–H and O–H groups in total. The van der Waals surface area contributed by atoms with E-state index in [1.807, 2.05) is 28.4 Å². The first-order valence-electron chi connectivity index (χ1n) is 14.7. The van der Waals surface area contributed by atoms with Crippen LogP contribution in [0.1, 0.15) is 137 Å². The molecule has 0 nitrogen and oxygen atoms in total. The quantitative estimate of drug-likeness (QED) is 0.154. The van der Waals surface area contributed by atoms with Crippen LogP contribution in [0, 0.1) is 41.5 Å². The maximum Gasteiger partial charge on any atom is 3.00 e. The van der Waals surface area contributed by atoms with Gasteiger partial charge in [-0.15, -0.1) is 0 Å². The zero-order valence-corrected chi connectivity index (χ0v) is 31.5. The molecule has 0 saturated carbocycles. The minimum Gasteiger partial charge on any atom is -1.00 e. The van der Waals surface area contributed by atoms with Crippen LogP contribution in [0.3, 0.4) is 0 Å². The molecule has 2 aromatic rings. The van der Waals surface area contributed by atoms with Crippen LogP contribution in [-0.2, 0) is 21.7 Å². The van der Waals surface area contributed by atoms with Crippen molar-refractivity contribution >= 4 is 15.4 Å². The van der Waals surface area contributed by atoms with Crippen LogP contribution in [0.5, 0.6) is 0 Å². The molecule has 0 aliphatic rings. The van der Waals surface area contributed by atoms with Crippen LogP contribution in [-0.4, -0.2) is 10.2 Å². The van der Waals surface area contributed by atoms with E-state index in [2.05, 4.69) is 60.6 Å². The van der Waals surface area contributed by atoms with E-state index in [1.54, 1.807) is 0 Å². The summed E-state index contributed by atoms with van der Waals surface area (Å²) in [5.74, 6) is 0. The van der Waals surface area contributed by atoms with Gasteiger partial charge in [-0.1, -0.05) is 173 Å². The van der Waals surface area contributed by atoms with Gasteiger partial charge >= 0.3 is 21.7 Å². The SMILES string of the molecule is Cc1c(C)c(C)[c-](C)c1C.[CH2-]CCCCCCCCCCCCCCCCC.[Cl-].[Cl-].[Cl-].[SiH2]c1ccccc1.[Ti+3]. The smallest absolute Gasteiger partial charge is 1.00 e. The fraction of sp³-hybridized carbons (Fsp3) is 0.647. The summed E-state index contributed by atoms with van der Waals surface area (Å²) >= 11 is 0. The van der Waals surface area contributed by atoms with Gasteiger partial charge in [0, 0.05) is 10.2 Å². The third kappa shape index (κ3) is 27.0. The standard InChI is InChI=1S/C18H37.C10H15.C6H7Si.3ClH.Ti/c1-3-5-7-9-11-13-15-17-18-16-14-12-10-8-6-4-2;1-6-7(2)9(4)10(5)8(6)3;7-6-4-2-1-3-5-6;;;;/h1,3-18H2,2H3;1-5H3;1-5H,7H2;3*1H;/q2*-1;;;;;+3/p-3. The molecule has 0 bridgehead atoms. The van der Waals surface area contributed by atoms with Gasteiger partial charge in [-0.05, 0) is 0 Å². The van der Waals surface area contributed by atoms with Crippen LogP contribution >= 0.6 is 0 Å². The number of rotatable bonds is 15. The van der Waals surface area contributed by atoms with E-state index >= 15 is 0 Å². The molecule has 0 aliphatic heterocycles.